The highest BCUT2D eigenvalue weighted by atomic mass is 32.1. The maximum atomic E-state index is 11.8. The lowest BCUT2D eigenvalue weighted by molar-refractivity contribution is 0.0577. The first kappa shape index (κ1) is 21.0. The summed E-state index contributed by atoms with van der Waals surface area (Å²) in [4.78, 5) is 17.8. The molecule has 4 heterocycles. The fourth-order valence-electron chi connectivity index (χ4n) is 4.10. The van der Waals surface area contributed by atoms with Crippen LogP contribution in [-0.4, -0.2) is 43.7 Å². The molecular formula is C23H26N4O4S. The largest absolute Gasteiger partial charge is 0.492 e. The number of carbonyl (C=O) groups excluding carboxylic acids is 1. The Morgan fingerprint density at radius 3 is 2.88 bits per heavy atom. The zero-order valence-corrected chi connectivity index (χ0v) is 19.3. The Balaban J connectivity index is 1.48. The number of fused-ring (bicyclic) bond motifs is 3. The molecule has 0 radical (unpaired) electrons. The molecule has 2 aliphatic heterocycles. The minimum Gasteiger partial charge on any atom is -0.492 e. The first-order valence-electron chi connectivity index (χ1n) is 10.6. The summed E-state index contributed by atoms with van der Waals surface area (Å²) in [6.45, 7) is 8.36. The molecule has 2 N–H and O–H groups in total. The normalized spacial score (nSPS) is 19.4. The van der Waals surface area contributed by atoms with E-state index in [0.717, 1.165) is 44.4 Å². The van der Waals surface area contributed by atoms with Crippen LogP contribution in [0.3, 0.4) is 0 Å². The summed E-state index contributed by atoms with van der Waals surface area (Å²) >= 11 is 1.58. The molecule has 2 aromatic heterocycles. The van der Waals surface area contributed by atoms with Gasteiger partial charge in [-0.1, -0.05) is 6.07 Å². The SMILES string of the molecule is CC(C)(O)Cn1cc(-c2ccc3c(c2)OCCc2sc(C4OC(=O)NC4(C)C)nc2-3)cn1. The highest BCUT2D eigenvalue weighted by molar-refractivity contribution is 7.12. The summed E-state index contributed by atoms with van der Waals surface area (Å²) in [6.07, 6.45) is 3.63. The number of thiazole rings is 1. The summed E-state index contributed by atoms with van der Waals surface area (Å²) in [5.74, 6) is 0.772. The number of hydrogen-bond acceptors (Lipinski definition) is 7. The van der Waals surface area contributed by atoms with Gasteiger partial charge >= 0.3 is 6.09 Å². The second-order valence-corrected chi connectivity index (χ2v) is 10.6. The van der Waals surface area contributed by atoms with E-state index in [9.17, 15) is 9.90 Å². The minimum atomic E-state index is -0.837. The van der Waals surface area contributed by atoms with Crippen molar-refractivity contribution >= 4 is 17.4 Å². The van der Waals surface area contributed by atoms with Gasteiger partial charge in [-0.15, -0.1) is 11.3 Å². The Hall–Kier alpha value is -2.91. The zero-order chi connectivity index (χ0) is 22.7. The van der Waals surface area contributed by atoms with E-state index in [2.05, 4.69) is 10.4 Å². The van der Waals surface area contributed by atoms with Gasteiger partial charge in [0.2, 0.25) is 0 Å². The maximum Gasteiger partial charge on any atom is 0.408 e. The predicted octanol–water partition coefficient (Wildman–Crippen LogP) is 3.94. The van der Waals surface area contributed by atoms with Gasteiger partial charge in [-0.2, -0.15) is 5.10 Å². The number of ether oxygens (including phenoxy) is 2. The molecule has 1 aromatic carbocycles. The molecule has 2 aliphatic rings. The molecule has 3 aromatic rings. The van der Waals surface area contributed by atoms with Crippen LogP contribution in [0.5, 0.6) is 5.75 Å². The molecule has 0 bridgehead atoms. The summed E-state index contributed by atoms with van der Waals surface area (Å²) in [7, 11) is 0. The summed E-state index contributed by atoms with van der Waals surface area (Å²) in [5, 5.41) is 18.1. The minimum absolute atomic E-state index is 0.413. The number of aliphatic hydroxyl groups is 1. The van der Waals surface area contributed by atoms with Crippen molar-refractivity contribution in [1.82, 2.24) is 20.1 Å². The van der Waals surface area contributed by atoms with Gasteiger partial charge in [0.25, 0.3) is 0 Å². The van der Waals surface area contributed by atoms with Crippen molar-refractivity contribution in [3.63, 3.8) is 0 Å². The third-order valence-corrected chi connectivity index (χ3v) is 6.74. The number of carbonyl (C=O) groups is 1. The first-order chi connectivity index (χ1) is 15.1. The quantitative estimate of drug-likeness (QED) is 0.620. The van der Waals surface area contributed by atoms with Crippen LogP contribution >= 0.6 is 11.3 Å². The van der Waals surface area contributed by atoms with E-state index >= 15 is 0 Å². The number of rotatable bonds is 4. The second kappa shape index (κ2) is 7.31. The van der Waals surface area contributed by atoms with Crippen LogP contribution in [0, 0.1) is 0 Å². The molecular weight excluding hydrogens is 428 g/mol. The lowest BCUT2D eigenvalue weighted by Crippen LogP contribution is -2.38. The summed E-state index contributed by atoms with van der Waals surface area (Å²) in [6, 6.07) is 6.06. The van der Waals surface area contributed by atoms with Crippen molar-refractivity contribution in [3.8, 4) is 28.1 Å². The van der Waals surface area contributed by atoms with Gasteiger partial charge in [-0.3, -0.25) is 4.68 Å². The van der Waals surface area contributed by atoms with Crippen molar-refractivity contribution in [2.24, 2.45) is 0 Å². The standard InChI is InChI=1S/C23H26N4O4S/c1-22(2,29)12-27-11-14(10-24-27)13-5-6-15-16(9-13)30-8-7-17-18(15)25-20(32-17)19-23(3,4)26-21(28)31-19/h5-6,9-11,19,29H,7-8,12H2,1-4H3,(H,26,28). The van der Waals surface area contributed by atoms with E-state index < -0.39 is 23.3 Å². The van der Waals surface area contributed by atoms with Crippen LogP contribution in [0.25, 0.3) is 22.4 Å². The molecule has 8 nitrogen and oxygen atoms in total. The predicted molar refractivity (Wildman–Crippen MR) is 121 cm³/mol. The molecule has 0 spiro atoms. The number of cyclic esters (lactones) is 1. The number of hydrogen-bond donors (Lipinski definition) is 2. The highest BCUT2D eigenvalue weighted by Crippen LogP contribution is 2.43. The van der Waals surface area contributed by atoms with Crippen LogP contribution in [0.2, 0.25) is 0 Å². The summed E-state index contributed by atoms with van der Waals surface area (Å²) in [5.41, 5.74) is 2.41. The number of alkyl carbamates (subject to hydrolysis) is 1. The topological polar surface area (TPSA) is 98.5 Å². The van der Waals surface area contributed by atoms with E-state index in [1.807, 2.05) is 38.2 Å². The molecule has 0 aliphatic carbocycles. The van der Waals surface area contributed by atoms with E-state index in [1.165, 1.54) is 0 Å². The van der Waals surface area contributed by atoms with Crippen LogP contribution in [0.4, 0.5) is 4.79 Å². The fourth-order valence-corrected chi connectivity index (χ4v) is 5.38. The lowest BCUT2D eigenvalue weighted by atomic mass is 9.99. The number of aromatic nitrogens is 3. The van der Waals surface area contributed by atoms with E-state index in [1.54, 1.807) is 36.1 Å². The van der Waals surface area contributed by atoms with Gasteiger partial charge in [0.15, 0.2) is 6.10 Å². The van der Waals surface area contributed by atoms with E-state index in [-0.39, 0.29) is 0 Å². The summed E-state index contributed by atoms with van der Waals surface area (Å²) < 4.78 is 13.3. The van der Waals surface area contributed by atoms with Crippen molar-refractivity contribution in [2.45, 2.75) is 57.9 Å². The maximum absolute atomic E-state index is 11.8. The van der Waals surface area contributed by atoms with Crippen molar-refractivity contribution in [1.29, 1.82) is 0 Å². The van der Waals surface area contributed by atoms with Crippen molar-refractivity contribution < 1.29 is 19.4 Å². The molecule has 168 valence electrons. The highest BCUT2D eigenvalue weighted by Gasteiger charge is 2.44. The van der Waals surface area contributed by atoms with Crippen LogP contribution in [0.1, 0.15) is 43.7 Å². The molecule has 0 saturated carbocycles. The average Bonchev–Trinajstić information content (AvgIpc) is 3.35. The number of amides is 1. The third-order valence-electron chi connectivity index (χ3n) is 5.58. The first-order valence-corrected chi connectivity index (χ1v) is 11.4. The average molecular weight is 455 g/mol. The Bertz CT molecular complexity index is 1190. The molecule has 1 atom stereocenters. The Morgan fingerprint density at radius 2 is 2.16 bits per heavy atom. The van der Waals surface area contributed by atoms with Gasteiger partial charge in [0.1, 0.15) is 10.8 Å². The molecule has 1 unspecified atom stereocenters. The third kappa shape index (κ3) is 3.86. The molecule has 1 saturated heterocycles. The smallest absolute Gasteiger partial charge is 0.408 e. The molecule has 9 heteroatoms. The van der Waals surface area contributed by atoms with Crippen LogP contribution < -0.4 is 10.1 Å². The lowest BCUT2D eigenvalue weighted by Gasteiger charge is -2.21. The fraction of sp³-hybridized carbons (Fsp3) is 0.435. The zero-order valence-electron chi connectivity index (χ0n) is 18.5. The van der Waals surface area contributed by atoms with Gasteiger partial charge in [-0.25, -0.2) is 9.78 Å². The molecule has 1 amide bonds. The van der Waals surface area contributed by atoms with E-state index in [0.29, 0.717) is 13.2 Å². The monoisotopic (exact) mass is 454 g/mol. The van der Waals surface area contributed by atoms with Crippen molar-refractivity contribution in [3.05, 3.63) is 40.5 Å². The van der Waals surface area contributed by atoms with Gasteiger partial charge < -0.3 is 19.9 Å². The van der Waals surface area contributed by atoms with Gasteiger partial charge in [-0.05, 0) is 45.4 Å². The molecule has 32 heavy (non-hydrogen) atoms. The Labute approximate surface area is 190 Å². The van der Waals surface area contributed by atoms with E-state index in [4.69, 9.17) is 14.5 Å². The Morgan fingerprint density at radius 1 is 1.34 bits per heavy atom. The number of benzene rings is 1. The van der Waals surface area contributed by atoms with Gasteiger partial charge in [0.05, 0.1) is 36.2 Å². The molecule has 1 fully saturated rings. The number of nitrogens with one attached hydrogen (secondary N) is 1. The number of nitrogens with zero attached hydrogens (tertiary/aromatic N) is 3. The van der Waals surface area contributed by atoms with Gasteiger partial charge in [0, 0.05) is 28.6 Å². The van der Waals surface area contributed by atoms with Crippen molar-refractivity contribution in [2.75, 3.05) is 6.61 Å². The van der Waals surface area contributed by atoms with Crippen LogP contribution in [0.15, 0.2) is 30.6 Å². The molecule has 5 rings (SSSR count). The van der Waals surface area contributed by atoms with Crippen LogP contribution in [-0.2, 0) is 17.7 Å². The Kier molecular flexibility index (Phi) is 4.79. The second-order valence-electron chi connectivity index (χ2n) is 9.50.